The molecule has 1 aliphatic rings. The Hall–Kier alpha value is -1.20. The van der Waals surface area contributed by atoms with E-state index in [1.54, 1.807) is 6.20 Å². The maximum absolute atomic E-state index is 5.67. The highest BCUT2D eigenvalue weighted by Crippen LogP contribution is 2.30. The number of aromatic nitrogens is 1. The first-order chi connectivity index (χ1) is 8.61. The Morgan fingerprint density at radius 3 is 2.94 bits per heavy atom. The van der Waals surface area contributed by atoms with Gasteiger partial charge >= 0.3 is 0 Å². The number of hydrogen-bond acceptors (Lipinski definition) is 4. The van der Waals surface area contributed by atoms with Crippen molar-refractivity contribution in [2.45, 2.75) is 19.8 Å². The summed E-state index contributed by atoms with van der Waals surface area (Å²) in [5.41, 5.74) is 7.51. The molecular weight excluding hydrogens is 246 g/mol. The molecule has 1 fully saturated rings. The van der Waals surface area contributed by atoms with Crippen molar-refractivity contribution in [3.8, 4) is 0 Å². The highest BCUT2D eigenvalue weighted by molar-refractivity contribution is 7.80. The van der Waals surface area contributed by atoms with Crippen LogP contribution in [0.2, 0.25) is 0 Å². The number of ether oxygens (including phenoxy) is 1. The Labute approximate surface area is 113 Å². The zero-order valence-electron chi connectivity index (χ0n) is 10.6. The van der Waals surface area contributed by atoms with E-state index in [2.05, 4.69) is 17.2 Å². The fourth-order valence-electron chi connectivity index (χ4n) is 2.09. The SMILES string of the molecule is CC1(CNc2cccnc2C(N)=S)CCOCC1. The molecule has 2 rings (SSSR count). The third-order valence-electron chi connectivity index (χ3n) is 3.45. The maximum atomic E-state index is 5.67. The first kappa shape index (κ1) is 13.2. The minimum Gasteiger partial charge on any atom is -0.388 e. The monoisotopic (exact) mass is 265 g/mol. The lowest BCUT2D eigenvalue weighted by atomic mass is 9.82. The zero-order chi connectivity index (χ0) is 13.0. The van der Waals surface area contributed by atoms with Gasteiger partial charge in [-0.3, -0.25) is 4.98 Å². The van der Waals surface area contributed by atoms with Crippen LogP contribution in [0.4, 0.5) is 5.69 Å². The lowest BCUT2D eigenvalue weighted by Gasteiger charge is -2.34. The second-order valence-corrected chi connectivity index (χ2v) is 5.48. The average Bonchev–Trinajstić information content (AvgIpc) is 2.38. The highest BCUT2D eigenvalue weighted by Gasteiger charge is 2.27. The standard InChI is InChI=1S/C13H19N3OS/c1-13(4-7-17-8-5-13)9-16-10-3-2-6-15-11(10)12(14)18/h2-3,6,16H,4-5,7-9H2,1H3,(H2,14,18). The number of nitrogens with one attached hydrogen (secondary N) is 1. The largest absolute Gasteiger partial charge is 0.388 e. The second-order valence-electron chi connectivity index (χ2n) is 5.04. The molecule has 0 aliphatic carbocycles. The van der Waals surface area contributed by atoms with Gasteiger partial charge in [0.25, 0.3) is 0 Å². The van der Waals surface area contributed by atoms with Gasteiger partial charge in [-0.1, -0.05) is 19.1 Å². The summed E-state index contributed by atoms with van der Waals surface area (Å²) in [5, 5.41) is 3.42. The van der Waals surface area contributed by atoms with Gasteiger partial charge in [0.2, 0.25) is 0 Å². The molecule has 0 amide bonds. The summed E-state index contributed by atoms with van der Waals surface area (Å²) in [6, 6.07) is 3.85. The highest BCUT2D eigenvalue weighted by atomic mass is 32.1. The Morgan fingerprint density at radius 1 is 1.56 bits per heavy atom. The third-order valence-corrected chi connectivity index (χ3v) is 3.64. The van der Waals surface area contributed by atoms with Gasteiger partial charge in [0, 0.05) is 26.0 Å². The number of thiocarbonyl (C=S) groups is 1. The van der Waals surface area contributed by atoms with Gasteiger partial charge in [0.05, 0.1) is 5.69 Å². The van der Waals surface area contributed by atoms with E-state index in [4.69, 9.17) is 22.7 Å². The molecule has 0 unspecified atom stereocenters. The van der Waals surface area contributed by atoms with Crippen molar-refractivity contribution in [2.75, 3.05) is 25.1 Å². The fourth-order valence-corrected chi connectivity index (χ4v) is 2.26. The molecule has 0 aromatic carbocycles. The summed E-state index contributed by atoms with van der Waals surface area (Å²) in [5.74, 6) is 0. The van der Waals surface area contributed by atoms with E-state index in [1.165, 1.54) is 0 Å². The van der Waals surface area contributed by atoms with Crippen LogP contribution < -0.4 is 11.1 Å². The van der Waals surface area contributed by atoms with Gasteiger partial charge in [-0.25, -0.2) is 0 Å². The summed E-state index contributed by atoms with van der Waals surface area (Å²) in [6.07, 6.45) is 3.85. The van der Waals surface area contributed by atoms with E-state index in [-0.39, 0.29) is 5.41 Å². The molecule has 1 aliphatic heterocycles. The minimum atomic E-state index is 0.265. The van der Waals surface area contributed by atoms with Crippen molar-refractivity contribution in [3.05, 3.63) is 24.0 Å². The van der Waals surface area contributed by atoms with Crippen molar-refractivity contribution in [3.63, 3.8) is 0 Å². The first-order valence-corrected chi connectivity index (χ1v) is 6.58. The van der Waals surface area contributed by atoms with Crippen LogP contribution in [0.3, 0.4) is 0 Å². The van der Waals surface area contributed by atoms with Crippen LogP contribution in [0, 0.1) is 5.41 Å². The number of pyridine rings is 1. The summed E-state index contributed by atoms with van der Waals surface area (Å²) >= 11 is 5.00. The zero-order valence-corrected chi connectivity index (χ0v) is 11.4. The molecule has 4 nitrogen and oxygen atoms in total. The Kier molecular flexibility index (Phi) is 4.14. The smallest absolute Gasteiger partial charge is 0.124 e. The van der Waals surface area contributed by atoms with Gasteiger partial charge < -0.3 is 15.8 Å². The van der Waals surface area contributed by atoms with E-state index < -0.39 is 0 Å². The Balaban J connectivity index is 2.03. The molecule has 5 heteroatoms. The molecule has 98 valence electrons. The number of hydrogen-bond donors (Lipinski definition) is 2. The first-order valence-electron chi connectivity index (χ1n) is 6.17. The summed E-state index contributed by atoms with van der Waals surface area (Å²) < 4.78 is 5.40. The summed E-state index contributed by atoms with van der Waals surface area (Å²) in [7, 11) is 0. The van der Waals surface area contributed by atoms with Gasteiger partial charge in [-0.2, -0.15) is 0 Å². The molecule has 0 bridgehead atoms. The number of nitrogens with zero attached hydrogens (tertiary/aromatic N) is 1. The van der Waals surface area contributed by atoms with E-state index in [0.717, 1.165) is 38.3 Å². The molecule has 1 aromatic heterocycles. The number of nitrogens with two attached hydrogens (primary N) is 1. The third kappa shape index (κ3) is 3.17. The average molecular weight is 265 g/mol. The predicted molar refractivity (Wildman–Crippen MR) is 76.8 cm³/mol. The maximum Gasteiger partial charge on any atom is 0.124 e. The van der Waals surface area contributed by atoms with Crippen molar-refractivity contribution in [2.24, 2.45) is 11.1 Å². The topological polar surface area (TPSA) is 60.2 Å². The number of rotatable bonds is 4. The van der Waals surface area contributed by atoms with Gasteiger partial charge in [-0.15, -0.1) is 0 Å². The van der Waals surface area contributed by atoms with Gasteiger partial charge in [-0.05, 0) is 30.4 Å². The Morgan fingerprint density at radius 2 is 2.28 bits per heavy atom. The van der Waals surface area contributed by atoms with Crippen molar-refractivity contribution in [1.82, 2.24) is 4.98 Å². The van der Waals surface area contributed by atoms with Gasteiger partial charge in [0.1, 0.15) is 10.7 Å². The summed E-state index contributed by atoms with van der Waals surface area (Å²) in [4.78, 5) is 4.54. The van der Waals surface area contributed by atoms with Crippen LogP contribution in [0.5, 0.6) is 0 Å². The van der Waals surface area contributed by atoms with Crippen LogP contribution >= 0.6 is 12.2 Å². The van der Waals surface area contributed by atoms with Crippen molar-refractivity contribution < 1.29 is 4.74 Å². The predicted octanol–water partition coefficient (Wildman–Crippen LogP) is 1.94. The molecule has 18 heavy (non-hydrogen) atoms. The van der Waals surface area contributed by atoms with Crippen LogP contribution in [0.1, 0.15) is 25.5 Å². The number of anilines is 1. The molecule has 0 radical (unpaired) electrons. The van der Waals surface area contributed by atoms with Crippen molar-refractivity contribution in [1.29, 1.82) is 0 Å². The molecule has 0 spiro atoms. The minimum absolute atomic E-state index is 0.265. The van der Waals surface area contributed by atoms with E-state index in [1.807, 2.05) is 12.1 Å². The van der Waals surface area contributed by atoms with Crippen LogP contribution in [-0.2, 0) is 4.74 Å². The quantitative estimate of drug-likeness (QED) is 0.815. The molecule has 2 heterocycles. The Bertz CT molecular complexity index is 430. The lowest BCUT2D eigenvalue weighted by Crippen LogP contribution is -2.33. The molecule has 3 N–H and O–H groups in total. The molecule has 0 atom stereocenters. The van der Waals surface area contributed by atoms with Crippen molar-refractivity contribution >= 4 is 22.9 Å². The van der Waals surface area contributed by atoms with Crippen LogP contribution in [-0.4, -0.2) is 29.7 Å². The van der Waals surface area contributed by atoms with Crippen LogP contribution in [0.15, 0.2) is 18.3 Å². The summed E-state index contributed by atoms with van der Waals surface area (Å²) in [6.45, 7) is 4.84. The molecular formula is C13H19N3OS. The van der Waals surface area contributed by atoms with Gasteiger partial charge in [0.15, 0.2) is 0 Å². The second kappa shape index (κ2) is 5.63. The normalized spacial score (nSPS) is 18.3. The van der Waals surface area contributed by atoms with E-state index in [9.17, 15) is 0 Å². The fraction of sp³-hybridized carbons (Fsp3) is 0.538. The van der Waals surface area contributed by atoms with E-state index in [0.29, 0.717) is 10.7 Å². The molecule has 1 aromatic rings. The molecule has 0 saturated carbocycles. The molecule has 1 saturated heterocycles. The lowest BCUT2D eigenvalue weighted by molar-refractivity contribution is 0.0300. The van der Waals surface area contributed by atoms with Crippen LogP contribution in [0.25, 0.3) is 0 Å². The van der Waals surface area contributed by atoms with E-state index >= 15 is 0 Å².